The number of fused-ring (bicyclic) bond motifs is 1. The van der Waals surface area contributed by atoms with E-state index in [1.54, 1.807) is 6.08 Å². The predicted octanol–water partition coefficient (Wildman–Crippen LogP) is 4.22. The summed E-state index contributed by atoms with van der Waals surface area (Å²) in [7, 11) is 4.13. The van der Waals surface area contributed by atoms with Crippen LogP contribution >= 0.6 is 0 Å². The molecule has 6 heteroatoms. The second-order valence-corrected chi connectivity index (χ2v) is 9.25. The third-order valence-corrected chi connectivity index (χ3v) is 6.56. The molecule has 1 aromatic heterocycles. The Bertz CT molecular complexity index is 933. The van der Waals surface area contributed by atoms with Crippen LogP contribution in [0.3, 0.4) is 0 Å². The van der Waals surface area contributed by atoms with Crippen molar-refractivity contribution < 1.29 is 4.79 Å². The summed E-state index contributed by atoms with van der Waals surface area (Å²) in [6.07, 6.45) is 12.4. The smallest absolute Gasteiger partial charge is 0.244 e. The van der Waals surface area contributed by atoms with Gasteiger partial charge in [-0.15, -0.1) is 0 Å². The van der Waals surface area contributed by atoms with E-state index in [-0.39, 0.29) is 5.91 Å². The monoisotopic (exact) mass is 433 g/mol. The van der Waals surface area contributed by atoms with Crippen molar-refractivity contribution in [3.05, 3.63) is 53.2 Å². The molecule has 1 aromatic carbocycles. The minimum atomic E-state index is -0.0206. The number of nitrogens with zero attached hydrogens (tertiary/aromatic N) is 3. The van der Waals surface area contributed by atoms with Crippen molar-refractivity contribution in [2.75, 3.05) is 30.9 Å². The lowest BCUT2D eigenvalue weighted by atomic mass is 9.86. The van der Waals surface area contributed by atoms with Crippen molar-refractivity contribution in [3.8, 4) is 0 Å². The van der Waals surface area contributed by atoms with E-state index in [2.05, 4.69) is 29.6 Å². The Balaban J connectivity index is 1.25. The van der Waals surface area contributed by atoms with Crippen molar-refractivity contribution in [1.82, 2.24) is 15.3 Å². The number of anilines is 2. The lowest BCUT2D eigenvalue weighted by Gasteiger charge is -2.30. The molecule has 2 aliphatic rings. The third-order valence-electron chi connectivity index (χ3n) is 6.56. The first-order valence-electron chi connectivity index (χ1n) is 11.9. The Morgan fingerprint density at radius 1 is 1.06 bits per heavy atom. The maximum Gasteiger partial charge on any atom is 0.244 e. The van der Waals surface area contributed by atoms with Gasteiger partial charge in [0.1, 0.15) is 5.82 Å². The summed E-state index contributed by atoms with van der Waals surface area (Å²) in [5, 5.41) is 6.67. The van der Waals surface area contributed by atoms with E-state index in [4.69, 9.17) is 9.97 Å². The number of aromatic nitrogens is 2. The van der Waals surface area contributed by atoms with Crippen molar-refractivity contribution >= 4 is 23.7 Å². The summed E-state index contributed by atoms with van der Waals surface area (Å²) in [5.74, 6) is 2.35. The third kappa shape index (κ3) is 5.87. The first kappa shape index (κ1) is 22.3. The lowest BCUT2D eigenvalue weighted by Crippen LogP contribution is -2.33. The SMILES string of the molecule is CN(C)c1nc(N[C@H]2CC[C@@H](CNC(=O)/C=C/c3ccccc3)CC2)nc2c1CCCC2. The van der Waals surface area contributed by atoms with Crippen LogP contribution in [0.4, 0.5) is 11.8 Å². The molecule has 2 N–H and O–H groups in total. The van der Waals surface area contributed by atoms with Crippen LogP contribution in [-0.2, 0) is 17.6 Å². The molecule has 0 atom stereocenters. The Labute approximate surface area is 191 Å². The highest BCUT2D eigenvalue weighted by atomic mass is 16.1. The lowest BCUT2D eigenvalue weighted by molar-refractivity contribution is -0.116. The molecule has 0 spiro atoms. The summed E-state index contributed by atoms with van der Waals surface area (Å²) in [6.45, 7) is 0.741. The van der Waals surface area contributed by atoms with Gasteiger partial charge in [-0.1, -0.05) is 30.3 Å². The highest BCUT2D eigenvalue weighted by Gasteiger charge is 2.24. The van der Waals surface area contributed by atoms with Gasteiger partial charge in [-0.3, -0.25) is 4.79 Å². The zero-order valence-electron chi connectivity index (χ0n) is 19.3. The second-order valence-electron chi connectivity index (χ2n) is 9.25. The topological polar surface area (TPSA) is 70.2 Å². The zero-order valence-corrected chi connectivity index (χ0v) is 19.3. The van der Waals surface area contributed by atoms with Crippen LogP contribution in [0.25, 0.3) is 6.08 Å². The van der Waals surface area contributed by atoms with Gasteiger partial charge in [0.05, 0.1) is 5.69 Å². The largest absolute Gasteiger partial charge is 0.362 e. The quantitative estimate of drug-likeness (QED) is 0.640. The standard InChI is InChI=1S/C26H35N5O/c1-31(2)25-22-10-6-7-11-23(22)29-26(30-25)28-21-15-12-20(13-16-21)18-27-24(32)17-14-19-8-4-3-5-9-19/h3-5,8-9,14,17,20-21H,6-7,10-13,15-16,18H2,1-2H3,(H,27,32)(H,28,29,30)/b17-14+/t20-,21+. The molecule has 0 aliphatic heterocycles. The van der Waals surface area contributed by atoms with Gasteiger partial charge in [0.15, 0.2) is 0 Å². The molecule has 170 valence electrons. The van der Waals surface area contributed by atoms with Crippen molar-refractivity contribution in [2.45, 2.75) is 57.4 Å². The van der Waals surface area contributed by atoms with E-state index >= 15 is 0 Å². The molecule has 0 unspecified atom stereocenters. The fourth-order valence-electron chi connectivity index (χ4n) is 4.74. The van der Waals surface area contributed by atoms with Gasteiger partial charge in [-0.25, -0.2) is 4.98 Å². The summed E-state index contributed by atoms with van der Waals surface area (Å²) in [6, 6.07) is 10.3. The zero-order chi connectivity index (χ0) is 22.3. The van der Waals surface area contributed by atoms with Crippen LogP contribution in [0.15, 0.2) is 36.4 Å². The molecular weight excluding hydrogens is 398 g/mol. The molecule has 2 aromatic rings. The van der Waals surface area contributed by atoms with Gasteiger partial charge in [-0.05, 0) is 68.9 Å². The maximum absolute atomic E-state index is 12.1. The summed E-state index contributed by atoms with van der Waals surface area (Å²) in [4.78, 5) is 24.0. The molecule has 1 saturated carbocycles. The van der Waals surface area contributed by atoms with Crippen molar-refractivity contribution in [3.63, 3.8) is 0 Å². The average molecular weight is 434 g/mol. The highest BCUT2D eigenvalue weighted by molar-refractivity contribution is 5.91. The molecule has 1 fully saturated rings. The van der Waals surface area contributed by atoms with E-state index in [1.165, 1.54) is 24.1 Å². The van der Waals surface area contributed by atoms with E-state index in [1.807, 2.05) is 36.4 Å². The van der Waals surface area contributed by atoms with E-state index < -0.39 is 0 Å². The molecule has 1 amide bonds. The number of carbonyl (C=O) groups is 1. The van der Waals surface area contributed by atoms with Crippen LogP contribution in [0.5, 0.6) is 0 Å². The van der Waals surface area contributed by atoms with Crippen LogP contribution < -0.4 is 15.5 Å². The summed E-state index contributed by atoms with van der Waals surface area (Å²) >= 11 is 0. The first-order valence-corrected chi connectivity index (χ1v) is 11.9. The van der Waals surface area contributed by atoms with E-state index in [0.717, 1.165) is 62.4 Å². The Kier molecular flexibility index (Phi) is 7.40. The molecule has 6 nitrogen and oxygen atoms in total. The molecule has 32 heavy (non-hydrogen) atoms. The van der Waals surface area contributed by atoms with Crippen LogP contribution in [0.1, 0.15) is 55.3 Å². The fraction of sp³-hybridized carbons (Fsp3) is 0.500. The van der Waals surface area contributed by atoms with Crippen LogP contribution in [0, 0.1) is 5.92 Å². The fourth-order valence-corrected chi connectivity index (χ4v) is 4.74. The number of hydrogen-bond acceptors (Lipinski definition) is 5. The minimum Gasteiger partial charge on any atom is -0.362 e. The predicted molar refractivity (Wildman–Crippen MR) is 131 cm³/mol. The summed E-state index contributed by atoms with van der Waals surface area (Å²) < 4.78 is 0. The molecule has 0 saturated heterocycles. The van der Waals surface area contributed by atoms with E-state index in [9.17, 15) is 4.79 Å². The Morgan fingerprint density at radius 2 is 1.81 bits per heavy atom. The number of hydrogen-bond donors (Lipinski definition) is 2. The number of nitrogens with one attached hydrogen (secondary N) is 2. The normalized spacial score (nSPS) is 20.6. The minimum absolute atomic E-state index is 0.0206. The van der Waals surface area contributed by atoms with Gasteiger partial charge in [-0.2, -0.15) is 4.98 Å². The first-order chi connectivity index (χ1) is 15.6. The Morgan fingerprint density at radius 3 is 2.56 bits per heavy atom. The molecule has 0 bridgehead atoms. The molecule has 2 aliphatic carbocycles. The van der Waals surface area contributed by atoms with Crippen molar-refractivity contribution in [1.29, 1.82) is 0 Å². The molecule has 4 rings (SSSR count). The number of benzene rings is 1. The van der Waals surface area contributed by atoms with Gasteiger partial charge in [0, 0.05) is 38.3 Å². The molecule has 1 heterocycles. The summed E-state index contributed by atoms with van der Waals surface area (Å²) in [5.41, 5.74) is 3.58. The van der Waals surface area contributed by atoms with Gasteiger partial charge < -0.3 is 15.5 Å². The van der Waals surface area contributed by atoms with Gasteiger partial charge >= 0.3 is 0 Å². The van der Waals surface area contributed by atoms with Gasteiger partial charge in [0.25, 0.3) is 0 Å². The highest BCUT2D eigenvalue weighted by Crippen LogP contribution is 2.30. The Hall–Kier alpha value is -2.89. The average Bonchev–Trinajstić information content (AvgIpc) is 2.82. The number of aryl methyl sites for hydroxylation is 1. The van der Waals surface area contributed by atoms with E-state index in [0.29, 0.717) is 12.0 Å². The number of rotatable bonds is 7. The van der Waals surface area contributed by atoms with Crippen LogP contribution in [0.2, 0.25) is 0 Å². The molecular formula is C26H35N5O. The van der Waals surface area contributed by atoms with Gasteiger partial charge in [0.2, 0.25) is 11.9 Å². The second kappa shape index (κ2) is 10.6. The maximum atomic E-state index is 12.1. The van der Waals surface area contributed by atoms with Crippen LogP contribution in [-0.4, -0.2) is 42.6 Å². The number of carbonyl (C=O) groups excluding carboxylic acids is 1. The number of amides is 1. The molecule has 0 radical (unpaired) electrons. The van der Waals surface area contributed by atoms with Crippen molar-refractivity contribution in [2.24, 2.45) is 5.92 Å².